The summed E-state index contributed by atoms with van der Waals surface area (Å²) >= 11 is 6.35. The standard InChI is InChI=1S/C27H26ClFN6O3/c1-35-10-8-22(26(35)37)33-25(36)16-11-20(28)23(31-12-16)14-32-27(38)34-24-18-3-2-4-21(29)17(18)6-5-15-7-9-30-13-19(15)24/h2-4,7,9,11-13,22,24H,5-6,8,10,14H2,1H3,(H,33,36)(H2,32,34,38). The van der Waals surface area contributed by atoms with Gasteiger partial charge in [-0.1, -0.05) is 23.7 Å². The Bertz CT molecular complexity index is 1420. The van der Waals surface area contributed by atoms with Gasteiger partial charge in [0.25, 0.3) is 5.91 Å². The van der Waals surface area contributed by atoms with E-state index in [9.17, 15) is 18.8 Å². The number of likely N-dealkylation sites (tertiary alicyclic amines) is 1. The van der Waals surface area contributed by atoms with Crippen LogP contribution in [0, 0.1) is 5.82 Å². The van der Waals surface area contributed by atoms with E-state index < -0.39 is 24.0 Å². The number of hydrogen-bond donors (Lipinski definition) is 3. The second kappa shape index (κ2) is 10.7. The van der Waals surface area contributed by atoms with E-state index in [-0.39, 0.29) is 28.9 Å². The molecule has 2 atom stereocenters. The topological polar surface area (TPSA) is 116 Å². The second-order valence-corrected chi connectivity index (χ2v) is 9.78. The van der Waals surface area contributed by atoms with Crippen LogP contribution >= 0.6 is 11.6 Å². The van der Waals surface area contributed by atoms with Crippen LogP contribution in [0.1, 0.15) is 50.8 Å². The Morgan fingerprint density at radius 1 is 1.16 bits per heavy atom. The number of likely N-dealkylation sites (N-methyl/N-ethyl adjacent to an activating group) is 1. The molecule has 1 aliphatic heterocycles. The highest BCUT2D eigenvalue weighted by Crippen LogP contribution is 2.33. The van der Waals surface area contributed by atoms with Gasteiger partial charge in [0.2, 0.25) is 5.91 Å². The van der Waals surface area contributed by atoms with Crippen LogP contribution in [0.3, 0.4) is 0 Å². The molecule has 1 saturated heterocycles. The molecule has 9 nitrogen and oxygen atoms in total. The van der Waals surface area contributed by atoms with Gasteiger partial charge in [0.1, 0.15) is 11.9 Å². The van der Waals surface area contributed by atoms with Crippen molar-refractivity contribution in [3.05, 3.63) is 93.3 Å². The van der Waals surface area contributed by atoms with Crippen LogP contribution < -0.4 is 16.0 Å². The molecule has 0 spiro atoms. The minimum absolute atomic E-state index is 0.00109. The number of carbonyl (C=O) groups is 3. The third-order valence-electron chi connectivity index (χ3n) is 6.97. The summed E-state index contributed by atoms with van der Waals surface area (Å²) in [4.78, 5) is 47.6. The second-order valence-electron chi connectivity index (χ2n) is 9.37. The molecule has 38 heavy (non-hydrogen) atoms. The van der Waals surface area contributed by atoms with Gasteiger partial charge >= 0.3 is 6.03 Å². The van der Waals surface area contributed by atoms with Crippen molar-refractivity contribution >= 4 is 29.4 Å². The maximum absolute atomic E-state index is 14.6. The fourth-order valence-electron chi connectivity index (χ4n) is 4.88. The van der Waals surface area contributed by atoms with E-state index in [1.54, 1.807) is 30.4 Å². The number of rotatable bonds is 5. The summed E-state index contributed by atoms with van der Waals surface area (Å²) in [7, 11) is 1.69. The number of nitrogens with one attached hydrogen (secondary N) is 3. The minimum Gasteiger partial charge on any atom is -0.344 e. The van der Waals surface area contributed by atoms with Crippen molar-refractivity contribution in [2.24, 2.45) is 0 Å². The van der Waals surface area contributed by atoms with E-state index in [1.165, 1.54) is 18.3 Å². The van der Waals surface area contributed by atoms with Crippen LogP contribution in [-0.2, 0) is 24.2 Å². The lowest BCUT2D eigenvalue weighted by Gasteiger charge is -2.22. The molecule has 1 fully saturated rings. The van der Waals surface area contributed by atoms with Crippen molar-refractivity contribution in [3.8, 4) is 0 Å². The van der Waals surface area contributed by atoms with Crippen LogP contribution in [0.25, 0.3) is 0 Å². The number of halogens is 2. The van der Waals surface area contributed by atoms with Crippen LogP contribution in [0.5, 0.6) is 0 Å². The summed E-state index contributed by atoms with van der Waals surface area (Å²) in [6.07, 6.45) is 6.42. The maximum atomic E-state index is 14.6. The zero-order chi connectivity index (χ0) is 26.8. The Morgan fingerprint density at radius 2 is 2.00 bits per heavy atom. The summed E-state index contributed by atoms with van der Waals surface area (Å²) < 4.78 is 14.6. The number of aromatic nitrogens is 2. The number of hydrogen-bond acceptors (Lipinski definition) is 5. The summed E-state index contributed by atoms with van der Waals surface area (Å²) in [6.45, 7) is 0.583. The van der Waals surface area contributed by atoms with E-state index in [1.807, 2.05) is 12.1 Å². The first kappa shape index (κ1) is 25.6. The highest BCUT2D eigenvalue weighted by atomic mass is 35.5. The zero-order valence-corrected chi connectivity index (χ0v) is 21.4. The predicted octanol–water partition coefficient (Wildman–Crippen LogP) is 2.92. The third kappa shape index (κ3) is 5.17. The number of urea groups is 1. The molecule has 2 aliphatic rings. The molecule has 3 aromatic rings. The molecule has 1 aromatic carbocycles. The molecule has 196 valence electrons. The van der Waals surface area contributed by atoms with Gasteiger partial charge in [-0.3, -0.25) is 19.6 Å². The van der Waals surface area contributed by atoms with Crippen molar-refractivity contribution in [2.75, 3.05) is 13.6 Å². The van der Waals surface area contributed by atoms with Gasteiger partial charge in [-0.05, 0) is 54.2 Å². The summed E-state index contributed by atoms with van der Waals surface area (Å²) in [5, 5.41) is 8.58. The van der Waals surface area contributed by atoms with Gasteiger partial charge in [-0.25, -0.2) is 9.18 Å². The van der Waals surface area contributed by atoms with Crippen molar-refractivity contribution in [1.82, 2.24) is 30.8 Å². The number of aryl methyl sites for hydroxylation is 1. The molecule has 11 heteroatoms. The number of pyridine rings is 2. The highest BCUT2D eigenvalue weighted by molar-refractivity contribution is 6.31. The molecule has 0 bridgehead atoms. The molecule has 0 saturated carbocycles. The fraction of sp³-hybridized carbons (Fsp3) is 0.296. The number of carbonyl (C=O) groups excluding carboxylic acids is 3. The molecular formula is C27H26ClFN6O3. The first-order chi connectivity index (χ1) is 18.3. The number of amides is 4. The first-order valence-corrected chi connectivity index (χ1v) is 12.6. The highest BCUT2D eigenvalue weighted by Gasteiger charge is 2.31. The Morgan fingerprint density at radius 3 is 2.76 bits per heavy atom. The van der Waals surface area contributed by atoms with Crippen molar-refractivity contribution < 1.29 is 18.8 Å². The molecular weight excluding hydrogens is 511 g/mol. The predicted molar refractivity (Wildman–Crippen MR) is 138 cm³/mol. The summed E-state index contributed by atoms with van der Waals surface area (Å²) in [5.41, 5.74) is 3.64. The van der Waals surface area contributed by atoms with Crippen LogP contribution in [-0.4, -0.2) is 52.3 Å². The molecule has 5 rings (SSSR count). The lowest BCUT2D eigenvalue weighted by Crippen LogP contribution is -2.40. The molecule has 4 amide bonds. The van der Waals surface area contributed by atoms with Gasteiger partial charge < -0.3 is 20.9 Å². The van der Waals surface area contributed by atoms with E-state index in [0.29, 0.717) is 42.6 Å². The van der Waals surface area contributed by atoms with Gasteiger partial charge in [-0.15, -0.1) is 0 Å². The molecule has 2 aromatic heterocycles. The largest absolute Gasteiger partial charge is 0.344 e. The quantitative estimate of drug-likeness (QED) is 0.464. The Hall–Kier alpha value is -4.05. The molecule has 3 N–H and O–H groups in total. The van der Waals surface area contributed by atoms with Crippen LogP contribution in [0.4, 0.5) is 9.18 Å². The lowest BCUT2D eigenvalue weighted by molar-refractivity contribution is -0.128. The fourth-order valence-corrected chi connectivity index (χ4v) is 5.11. The molecule has 3 heterocycles. The van der Waals surface area contributed by atoms with Crippen LogP contribution in [0.2, 0.25) is 5.02 Å². The SMILES string of the molecule is CN1CCC(NC(=O)c2cnc(CNC(=O)NC3c4cnccc4CCc4c(F)cccc43)c(Cl)c2)C1=O. The number of benzene rings is 1. The van der Waals surface area contributed by atoms with Crippen molar-refractivity contribution in [2.45, 2.75) is 37.9 Å². The Balaban J connectivity index is 1.26. The zero-order valence-electron chi connectivity index (χ0n) is 20.6. The average molecular weight is 537 g/mol. The third-order valence-corrected chi connectivity index (χ3v) is 7.30. The van der Waals surface area contributed by atoms with Gasteiger partial charge in [0, 0.05) is 37.7 Å². The van der Waals surface area contributed by atoms with Gasteiger partial charge in [0.05, 0.1) is 28.9 Å². The number of nitrogens with zero attached hydrogens (tertiary/aromatic N) is 3. The summed E-state index contributed by atoms with van der Waals surface area (Å²) in [6, 6.07) is 6.55. The molecule has 1 aliphatic carbocycles. The van der Waals surface area contributed by atoms with Crippen molar-refractivity contribution in [1.29, 1.82) is 0 Å². The van der Waals surface area contributed by atoms with Crippen LogP contribution in [0.15, 0.2) is 48.9 Å². The average Bonchev–Trinajstić information content (AvgIpc) is 3.13. The van der Waals surface area contributed by atoms with E-state index >= 15 is 0 Å². The molecule has 0 radical (unpaired) electrons. The summed E-state index contributed by atoms with van der Waals surface area (Å²) in [5.74, 6) is -0.890. The first-order valence-electron chi connectivity index (χ1n) is 12.3. The monoisotopic (exact) mass is 536 g/mol. The maximum Gasteiger partial charge on any atom is 0.315 e. The Kier molecular flexibility index (Phi) is 7.24. The van der Waals surface area contributed by atoms with Gasteiger partial charge in [0.15, 0.2) is 0 Å². The molecule has 2 unspecified atom stereocenters. The number of fused-ring (bicyclic) bond motifs is 2. The van der Waals surface area contributed by atoms with E-state index in [4.69, 9.17) is 11.6 Å². The Labute approximate surface area is 223 Å². The van der Waals surface area contributed by atoms with Crippen molar-refractivity contribution in [3.63, 3.8) is 0 Å². The smallest absolute Gasteiger partial charge is 0.315 e. The van der Waals surface area contributed by atoms with Gasteiger partial charge in [-0.2, -0.15) is 0 Å². The normalized spacial score (nSPS) is 18.3. The minimum atomic E-state index is -0.584. The lowest BCUT2D eigenvalue weighted by atomic mass is 9.96. The van der Waals surface area contributed by atoms with E-state index in [2.05, 4.69) is 25.9 Å². The van der Waals surface area contributed by atoms with E-state index in [0.717, 1.165) is 11.1 Å².